The second-order valence-corrected chi connectivity index (χ2v) is 5.81. The molecule has 0 unspecified atom stereocenters. The maximum absolute atomic E-state index is 13.5. The Morgan fingerprint density at radius 2 is 1.80 bits per heavy atom. The second kappa shape index (κ2) is 8.16. The predicted octanol–water partition coefficient (Wildman–Crippen LogP) is 4.29. The van der Waals surface area contributed by atoms with E-state index < -0.39 is 29.1 Å². The fraction of sp³-hybridized carbons (Fsp3) is 0.150. The fourth-order valence-corrected chi connectivity index (χ4v) is 2.54. The molecule has 0 radical (unpaired) electrons. The quantitative estimate of drug-likeness (QED) is 0.569. The van der Waals surface area contributed by atoms with Crippen molar-refractivity contribution in [1.29, 1.82) is 5.26 Å². The zero-order valence-electron chi connectivity index (χ0n) is 15.3. The molecule has 7 nitrogen and oxygen atoms in total. The molecular weight excluding hydrogens is 407 g/mol. The van der Waals surface area contributed by atoms with Crippen molar-refractivity contribution in [2.75, 3.05) is 13.7 Å². The van der Waals surface area contributed by atoms with Crippen molar-refractivity contribution in [2.24, 2.45) is 0 Å². The largest absolute Gasteiger partial charge is 0.479 e. The molecule has 3 aromatic rings. The Kier molecular flexibility index (Phi) is 5.64. The summed E-state index contributed by atoms with van der Waals surface area (Å²) in [5.41, 5.74) is -1.28. The molecule has 30 heavy (non-hydrogen) atoms. The lowest BCUT2D eigenvalue weighted by Gasteiger charge is -2.13. The number of methoxy groups -OCH3 is 1. The van der Waals surface area contributed by atoms with Gasteiger partial charge < -0.3 is 18.6 Å². The number of rotatable bonds is 5. The van der Waals surface area contributed by atoms with Crippen LogP contribution >= 0.6 is 0 Å². The summed E-state index contributed by atoms with van der Waals surface area (Å²) in [5, 5.41) is 8.36. The first-order chi connectivity index (χ1) is 14.2. The summed E-state index contributed by atoms with van der Waals surface area (Å²) in [6.45, 7) is -0.329. The molecule has 0 N–H and O–H groups in total. The molecule has 0 spiro atoms. The Labute approximate surface area is 166 Å². The molecule has 154 valence electrons. The summed E-state index contributed by atoms with van der Waals surface area (Å²) in [6, 6.07) is 10.3. The maximum Gasteiger partial charge on any atom is 0.453 e. The molecule has 2 aromatic carbocycles. The van der Waals surface area contributed by atoms with E-state index in [0.717, 1.165) is 6.07 Å². The number of benzene rings is 2. The zero-order chi connectivity index (χ0) is 21.9. The Balaban J connectivity index is 2.08. The zero-order valence-corrected chi connectivity index (χ0v) is 15.3. The number of ether oxygens (including phenoxy) is 3. The number of nitrogens with zero attached hydrogens (tertiary/aromatic N) is 1. The maximum atomic E-state index is 13.5. The van der Waals surface area contributed by atoms with E-state index in [0.29, 0.717) is 0 Å². The van der Waals surface area contributed by atoms with E-state index in [-0.39, 0.29) is 34.6 Å². The third-order valence-corrected chi connectivity index (χ3v) is 3.88. The lowest BCUT2D eigenvalue weighted by Crippen LogP contribution is -2.15. The van der Waals surface area contributed by atoms with Crippen molar-refractivity contribution in [3.8, 4) is 23.3 Å². The highest BCUT2D eigenvalue weighted by atomic mass is 19.4. The first kappa shape index (κ1) is 20.7. The van der Waals surface area contributed by atoms with E-state index in [9.17, 15) is 22.8 Å². The standard InChI is InChI=1S/C20H12F3NO6/c1-27-19(26)11-2-4-12(5-3-11)29-17-16(25)14-7-6-13(28-9-8-24)10-15(14)30-18(17)20(21,22)23/h2-7,10H,9H2,1H3. The van der Waals surface area contributed by atoms with E-state index in [4.69, 9.17) is 19.2 Å². The highest BCUT2D eigenvalue weighted by Gasteiger charge is 2.40. The molecule has 10 heteroatoms. The first-order valence-electron chi connectivity index (χ1n) is 8.28. The van der Waals surface area contributed by atoms with Crippen LogP contribution in [0.4, 0.5) is 13.2 Å². The van der Waals surface area contributed by atoms with Gasteiger partial charge in [-0.05, 0) is 36.4 Å². The summed E-state index contributed by atoms with van der Waals surface area (Å²) >= 11 is 0. The molecule has 0 atom stereocenters. The summed E-state index contributed by atoms with van der Waals surface area (Å²) in [6.07, 6.45) is -5.03. The molecule has 1 aromatic heterocycles. The van der Waals surface area contributed by atoms with Crippen LogP contribution < -0.4 is 14.9 Å². The SMILES string of the molecule is COC(=O)c1ccc(Oc2c(C(F)(F)F)oc3cc(OCC#N)ccc3c2=O)cc1. The normalized spacial score (nSPS) is 11.0. The van der Waals surface area contributed by atoms with Gasteiger partial charge in [0, 0.05) is 6.07 Å². The van der Waals surface area contributed by atoms with Crippen LogP contribution in [-0.2, 0) is 10.9 Å². The summed E-state index contributed by atoms with van der Waals surface area (Å²) in [4.78, 5) is 24.2. The molecule has 3 rings (SSSR count). The molecule has 1 heterocycles. The average Bonchev–Trinajstić information content (AvgIpc) is 2.73. The molecule has 0 bridgehead atoms. The summed E-state index contributed by atoms with van der Waals surface area (Å²) in [5.74, 6) is -3.38. The fourth-order valence-electron chi connectivity index (χ4n) is 2.54. The van der Waals surface area contributed by atoms with Crippen molar-refractivity contribution >= 4 is 16.9 Å². The number of halogens is 3. The van der Waals surface area contributed by atoms with Gasteiger partial charge in [-0.2, -0.15) is 18.4 Å². The first-order valence-corrected chi connectivity index (χ1v) is 8.28. The Morgan fingerprint density at radius 3 is 2.40 bits per heavy atom. The van der Waals surface area contributed by atoms with E-state index in [2.05, 4.69) is 4.74 Å². The van der Waals surface area contributed by atoms with Crippen molar-refractivity contribution in [1.82, 2.24) is 0 Å². The smallest absolute Gasteiger partial charge is 0.453 e. The Bertz CT molecular complexity index is 1190. The summed E-state index contributed by atoms with van der Waals surface area (Å²) in [7, 11) is 1.18. The van der Waals surface area contributed by atoms with Crippen LogP contribution in [0.25, 0.3) is 11.0 Å². The van der Waals surface area contributed by atoms with Gasteiger partial charge in [-0.3, -0.25) is 4.79 Å². The topological polar surface area (TPSA) is 98.8 Å². The number of alkyl halides is 3. The minimum Gasteiger partial charge on any atom is -0.479 e. The number of nitriles is 1. The molecule has 0 aliphatic rings. The van der Waals surface area contributed by atoms with Crippen LogP contribution in [0.1, 0.15) is 16.1 Å². The molecule has 0 aliphatic heterocycles. The molecular formula is C20H12F3NO6. The van der Waals surface area contributed by atoms with Gasteiger partial charge in [-0.15, -0.1) is 0 Å². The number of esters is 1. The molecule has 0 fully saturated rings. The van der Waals surface area contributed by atoms with Gasteiger partial charge >= 0.3 is 12.1 Å². The third kappa shape index (κ3) is 4.20. The van der Waals surface area contributed by atoms with Crippen LogP contribution in [0, 0.1) is 11.3 Å². The van der Waals surface area contributed by atoms with Crippen molar-refractivity contribution in [3.05, 3.63) is 64.0 Å². The number of carbonyl (C=O) groups is 1. The van der Waals surface area contributed by atoms with Crippen LogP contribution in [0.2, 0.25) is 0 Å². The molecule has 0 amide bonds. The highest BCUT2D eigenvalue weighted by molar-refractivity contribution is 5.89. The number of fused-ring (bicyclic) bond motifs is 1. The van der Waals surface area contributed by atoms with Crippen molar-refractivity contribution < 1.29 is 36.6 Å². The highest BCUT2D eigenvalue weighted by Crippen LogP contribution is 2.38. The van der Waals surface area contributed by atoms with E-state index in [1.807, 2.05) is 0 Å². The van der Waals surface area contributed by atoms with Gasteiger partial charge in [-0.25, -0.2) is 4.79 Å². The van der Waals surface area contributed by atoms with E-state index >= 15 is 0 Å². The molecule has 0 saturated heterocycles. The van der Waals surface area contributed by atoms with Gasteiger partial charge in [0.1, 0.15) is 23.2 Å². The minimum atomic E-state index is -5.03. The van der Waals surface area contributed by atoms with Crippen molar-refractivity contribution in [3.63, 3.8) is 0 Å². The van der Waals surface area contributed by atoms with Gasteiger partial charge in [0.25, 0.3) is 5.76 Å². The van der Waals surface area contributed by atoms with E-state index in [1.165, 1.54) is 43.5 Å². The van der Waals surface area contributed by atoms with Crippen molar-refractivity contribution in [2.45, 2.75) is 6.18 Å². The number of hydrogen-bond donors (Lipinski definition) is 0. The van der Waals surface area contributed by atoms with Gasteiger partial charge in [-0.1, -0.05) is 0 Å². The summed E-state index contributed by atoms with van der Waals surface area (Å²) < 4.78 is 60.3. The predicted molar refractivity (Wildman–Crippen MR) is 96.4 cm³/mol. The minimum absolute atomic E-state index is 0.0624. The average molecular weight is 419 g/mol. The Morgan fingerprint density at radius 1 is 1.13 bits per heavy atom. The second-order valence-electron chi connectivity index (χ2n) is 5.81. The monoisotopic (exact) mass is 419 g/mol. The van der Waals surface area contributed by atoms with Crippen LogP contribution in [0.5, 0.6) is 17.2 Å². The van der Waals surface area contributed by atoms with E-state index in [1.54, 1.807) is 6.07 Å². The van der Waals surface area contributed by atoms with Crippen LogP contribution in [-0.4, -0.2) is 19.7 Å². The number of carbonyl (C=O) groups excluding carboxylic acids is 1. The van der Waals surface area contributed by atoms with Gasteiger partial charge in [0.05, 0.1) is 18.1 Å². The van der Waals surface area contributed by atoms with Crippen LogP contribution in [0.3, 0.4) is 0 Å². The Hall–Kier alpha value is -4.00. The van der Waals surface area contributed by atoms with Gasteiger partial charge in [0.15, 0.2) is 6.61 Å². The third-order valence-electron chi connectivity index (χ3n) is 3.88. The lowest BCUT2D eigenvalue weighted by molar-refractivity contribution is -0.154. The lowest BCUT2D eigenvalue weighted by atomic mass is 10.2. The molecule has 0 aliphatic carbocycles. The van der Waals surface area contributed by atoms with Gasteiger partial charge in [0.2, 0.25) is 11.2 Å². The number of hydrogen-bond acceptors (Lipinski definition) is 7. The molecule has 0 saturated carbocycles. The van der Waals surface area contributed by atoms with Crippen LogP contribution in [0.15, 0.2) is 51.7 Å².